The van der Waals surface area contributed by atoms with E-state index in [0.717, 1.165) is 11.1 Å². The molecule has 1 aromatic heterocycles. The van der Waals surface area contributed by atoms with Crippen LogP contribution in [0, 0.1) is 5.92 Å². The van der Waals surface area contributed by atoms with Gasteiger partial charge in [-0.2, -0.15) is 5.10 Å². The van der Waals surface area contributed by atoms with Gasteiger partial charge in [0.2, 0.25) is 5.91 Å². The van der Waals surface area contributed by atoms with Crippen LogP contribution in [-0.2, 0) is 17.9 Å². The predicted octanol–water partition coefficient (Wildman–Crippen LogP) is 3.34. The molecule has 3 aromatic rings. The first-order chi connectivity index (χ1) is 14.5. The lowest BCUT2D eigenvalue weighted by atomic mass is 10.0. The molecule has 0 radical (unpaired) electrons. The van der Waals surface area contributed by atoms with Crippen molar-refractivity contribution in [3.8, 4) is 0 Å². The Labute approximate surface area is 175 Å². The summed E-state index contributed by atoms with van der Waals surface area (Å²) in [5.41, 5.74) is 3.43. The van der Waals surface area contributed by atoms with Gasteiger partial charge in [0.1, 0.15) is 18.7 Å². The summed E-state index contributed by atoms with van der Waals surface area (Å²) < 4.78 is 1.74. The summed E-state index contributed by atoms with van der Waals surface area (Å²) in [5, 5.41) is 7.09. The highest BCUT2D eigenvalue weighted by Gasteiger charge is 2.36. The molecule has 0 saturated heterocycles. The molecule has 2 amide bonds. The molecule has 1 aliphatic rings. The first-order valence-corrected chi connectivity index (χ1v) is 10.1. The van der Waals surface area contributed by atoms with E-state index in [1.165, 1.54) is 6.33 Å². The number of hydrogen-bond donors (Lipinski definition) is 1. The Morgan fingerprint density at radius 3 is 2.57 bits per heavy atom. The number of carbonyl (C=O) groups excluding carboxylic acids is 2. The van der Waals surface area contributed by atoms with E-state index in [2.05, 4.69) is 29.2 Å². The number of rotatable bonds is 7. The molecular weight excluding hydrogens is 378 g/mol. The average Bonchev–Trinajstić information content (AvgIpc) is 3.36. The van der Waals surface area contributed by atoms with Crippen molar-refractivity contribution in [3.63, 3.8) is 0 Å². The molecule has 7 nitrogen and oxygen atoms in total. The number of nitrogens with zero attached hydrogens (tertiary/aromatic N) is 4. The van der Waals surface area contributed by atoms with E-state index in [1.807, 2.05) is 48.5 Å². The van der Waals surface area contributed by atoms with Crippen LogP contribution in [0.1, 0.15) is 41.8 Å². The fourth-order valence-corrected chi connectivity index (χ4v) is 3.77. The van der Waals surface area contributed by atoms with E-state index in [4.69, 9.17) is 0 Å². The van der Waals surface area contributed by atoms with Crippen LogP contribution < -0.4 is 5.32 Å². The van der Waals surface area contributed by atoms with Gasteiger partial charge in [-0.3, -0.25) is 9.59 Å². The minimum Gasteiger partial charge on any atom is -0.324 e. The number of aromatic nitrogens is 3. The SMILES string of the molecule is CC(C)CC(C(=O)Nc1ccc(Cn2cncn2)cc1)N1Cc2ccccc2C1=O. The van der Waals surface area contributed by atoms with Gasteiger partial charge in [0.25, 0.3) is 5.91 Å². The normalized spacial score (nSPS) is 14.1. The molecular formula is C23H25N5O2. The summed E-state index contributed by atoms with van der Waals surface area (Å²) >= 11 is 0. The van der Waals surface area contributed by atoms with Crippen molar-refractivity contribution in [2.45, 2.75) is 39.4 Å². The largest absolute Gasteiger partial charge is 0.324 e. The van der Waals surface area contributed by atoms with Crippen molar-refractivity contribution in [3.05, 3.63) is 77.9 Å². The predicted molar refractivity (Wildman–Crippen MR) is 114 cm³/mol. The van der Waals surface area contributed by atoms with Gasteiger partial charge in [-0.05, 0) is 41.7 Å². The number of fused-ring (bicyclic) bond motifs is 1. The van der Waals surface area contributed by atoms with Crippen molar-refractivity contribution in [2.75, 3.05) is 5.32 Å². The van der Waals surface area contributed by atoms with E-state index in [9.17, 15) is 9.59 Å². The third kappa shape index (κ3) is 4.25. The van der Waals surface area contributed by atoms with E-state index in [0.29, 0.717) is 30.8 Å². The highest BCUT2D eigenvalue weighted by molar-refractivity contribution is 6.03. The summed E-state index contributed by atoms with van der Waals surface area (Å²) in [7, 11) is 0. The minimum atomic E-state index is -0.514. The zero-order valence-corrected chi connectivity index (χ0v) is 17.2. The molecule has 0 saturated carbocycles. The monoisotopic (exact) mass is 403 g/mol. The molecule has 1 unspecified atom stereocenters. The van der Waals surface area contributed by atoms with Crippen molar-refractivity contribution in [1.82, 2.24) is 19.7 Å². The van der Waals surface area contributed by atoms with Crippen molar-refractivity contribution in [2.24, 2.45) is 5.92 Å². The van der Waals surface area contributed by atoms with Gasteiger partial charge in [-0.25, -0.2) is 9.67 Å². The Balaban J connectivity index is 1.47. The van der Waals surface area contributed by atoms with Crippen LogP contribution in [0.2, 0.25) is 0 Å². The van der Waals surface area contributed by atoms with E-state index in [-0.39, 0.29) is 17.7 Å². The molecule has 4 rings (SSSR count). The summed E-state index contributed by atoms with van der Waals surface area (Å²) in [4.78, 5) is 31.7. The quantitative estimate of drug-likeness (QED) is 0.656. The van der Waals surface area contributed by atoms with E-state index in [1.54, 1.807) is 15.9 Å². The molecule has 0 bridgehead atoms. The third-order valence-corrected chi connectivity index (χ3v) is 5.26. The van der Waals surface area contributed by atoms with E-state index >= 15 is 0 Å². The minimum absolute atomic E-state index is 0.0745. The fraction of sp³-hybridized carbons (Fsp3) is 0.304. The Morgan fingerprint density at radius 1 is 1.13 bits per heavy atom. The summed E-state index contributed by atoms with van der Waals surface area (Å²) in [6.07, 6.45) is 3.77. The van der Waals surface area contributed by atoms with Crippen molar-refractivity contribution in [1.29, 1.82) is 0 Å². The topological polar surface area (TPSA) is 80.1 Å². The summed E-state index contributed by atoms with van der Waals surface area (Å²) in [5.74, 6) is 0.0470. The maximum absolute atomic E-state index is 13.1. The Kier molecular flexibility index (Phi) is 5.61. The van der Waals surface area contributed by atoms with Gasteiger partial charge in [-0.15, -0.1) is 0 Å². The van der Waals surface area contributed by atoms with Crippen molar-refractivity contribution >= 4 is 17.5 Å². The second-order valence-corrected chi connectivity index (χ2v) is 8.01. The van der Waals surface area contributed by atoms with Gasteiger partial charge in [-0.1, -0.05) is 44.2 Å². The molecule has 1 aliphatic heterocycles. The first-order valence-electron chi connectivity index (χ1n) is 10.1. The molecule has 0 fully saturated rings. The van der Waals surface area contributed by atoms with Gasteiger partial charge in [0.15, 0.2) is 0 Å². The Bertz CT molecular complexity index is 1030. The Hall–Kier alpha value is -3.48. The molecule has 30 heavy (non-hydrogen) atoms. The number of anilines is 1. The maximum Gasteiger partial charge on any atom is 0.255 e. The zero-order valence-electron chi connectivity index (χ0n) is 17.2. The Morgan fingerprint density at radius 2 is 1.90 bits per heavy atom. The number of carbonyl (C=O) groups is 2. The van der Waals surface area contributed by atoms with Crippen LogP contribution >= 0.6 is 0 Å². The lowest BCUT2D eigenvalue weighted by molar-refractivity contribution is -0.121. The van der Waals surface area contributed by atoms with E-state index < -0.39 is 6.04 Å². The van der Waals surface area contributed by atoms with Crippen molar-refractivity contribution < 1.29 is 9.59 Å². The number of hydrogen-bond acceptors (Lipinski definition) is 4. The number of amides is 2. The number of nitrogens with one attached hydrogen (secondary N) is 1. The molecule has 7 heteroatoms. The van der Waals surface area contributed by atoms with Crippen LogP contribution in [0.4, 0.5) is 5.69 Å². The number of benzene rings is 2. The highest BCUT2D eigenvalue weighted by atomic mass is 16.2. The molecule has 0 aliphatic carbocycles. The molecule has 2 aromatic carbocycles. The van der Waals surface area contributed by atoms with Crippen LogP contribution in [0.3, 0.4) is 0 Å². The summed E-state index contributed by atoms with van der Waals surface area (Å²) in [6.45, 7) is 5.21. The second-order valence-electron chi connectivity index (χ2n) is 8.01. The first kappa shape index (κ1) is 19.8. The summed E-state index contributed by atoms with van der Waals surface area (Å²) in [6, 6.07) is 14.7. The smallest absolute Gasteiger partial charge is 0.255 e. The van der Waals surface area contributed by atoms with Crippen LogP contribution in [0.15, 0.2) is 61.2 Å². The van der Waals surface area contributed by atoms with Gasteiger partial charge < -0.3 is 10.2 Å². The zero-order chi connectivity index (χ0) is 21.1. The second kappa shape index (κ2) is 8.49. The van der Waals surface area contributed by atoms with Crippen LogP contribution in [0.5, 0.6) is 0 Å². The molecule has 0 spiro atoms. The van der Waals surface area contributed by atoms with Gasteiger partial charge in [0.05, 0.1) is 6.54 Å². The van der Waals surface area contributed by atoms with Gasteiger partial charge in [0, 0.05) is 17.8 Å². The molecule has 2 heterocycles. The standard InChI is InChI=1S/C23H25N5O2/c1-16(2)11-21(28-13-18-5-3-4-6-20(18)23(28)30)22(29)26-19-9-7-17(8-10-19)12-27-15-24-14-25-27/h3-10,14-16,21H,11-13H2,1-2H3,(H,26,29). The van der Waals surface area contributed by atoms with Gasteiger partial charge >= 0.3 is 0 Å². The lowest BCUT2D eigenvalue weighted by Crippen LogP contribution is -2.45. The average molecular weight is 403 g/mol. The molecule has 1 atom stereocenters. The van der Waals surface area contributed by atoms with Crippen LogP contribution in [-0.4, -0.2) is 37.5 Å². The van der Waals surface area contributed by atoms with Crippen LogP contribution in [0.25, 0.3) is 0 Å². The highest BCUT2D eigenvalue weighted by Crippen LogP contribution is 2.27. The maximum atomic E-state index is 13.1. The molecule has 154 valence electrons. The fourth-order valence-electron chi connectivity index (χ4n) is 3.77. The molecule has 1 N–H and O–H groups in total. The third-order valence-electron chi connectivity index (χ3n) is 5.26. The lowest BCUT2D eigenvalue weighted by Gasteiger charge is -2.28.